The van der Waals surface area contributed by atoms with Crippen LogP contribution in [0.3, 0.4) is 0 Å². The van der Waals surface area contributed by atoms with Gasteiger partial charge < -0.3 is 19.1 Å². The third kappa shape index (κ3) is 3.65. The number of benzene rings is 2. The summed E-state index contributed by atoms with van der Waals surface area (Å²) in [5.74, 6) is -1.25. The van der Waals surface area contributed by atoms with Gasteiger partial charge in [0.1, 0.15) is 12.4 Å². The number of hydrogen-bond donors (Lipinski definition) is 0. The van der Waals surface area contributed by atoms with Crippen molar-refractivity contribution in [2.45, 2.75) is 6.54 Å². The first-order valence-electron chi connectivity index (χ1n) is 9.37. The number of fused-ring (bicyclic) bond motifs is 1. The van der Waals surface area contributed by atoms with E-state index in [-0.39, 0.29) is 24.6 Å². The molecule has 30 heavy (non-hydrogen) atoms. The summed E-state index contributed by atoms with van der Waals surface area (Å²) in [6.07, 6.45) is 1.77. The van der Waals surface area contributed by atoms with E-state index in [9.17, 15) is 9.59 Å². The predicted octanol–water partition coefficient (Wildman–Crippen LogP) is 2.48. The molecule has 8 nitrogen and oxygen atoms in total. The topological polar surface area (TPSA) is 82.9 Å². The van der Waals surface area contributed by atoms with E-state index in [0.29, 0.717) is 12.2 Å². The van der Waals surface area contributed by atoms with Gasteiger partial charge in [-0.1, -0.05) is 30.3 Å². The van der Waals surface area contributed by atoms with Crippen LogP contribution in [-0.2, 0) is 30.3 Å². The molecule has 2 aromatic carbocycles. The zero-order valence-electron chi connectivity index (χ0n) is 16.7. The van der Waals surface area contributed by atoms with Crippen molar-refractivity contribution in [3.8, 4) is 0 Å². The summed E-state index contributed by atoms with van der Waals surface area (Å²) >= 11 is 0. The molecule has 0 atom stereocenters. The first kappa shape index (κ1) is 19.7. The minimum atomic E-state index is -0.628. The summed E-state index contributed by atoms with van der Waals surface area (Å²) < 4.78 is 17.2. The number of carbonyl (C=O) groups excluding carboxylic acids is 2. The number of aromatic nitrogens is 2. The molecule has 8 heteroatoms. The zero-order chi connectivity index (χ0) is 21.1. The Bertz CT molecular complexity index is 1120. The van der Waals surface area contributed by atoms with Gasteiger partial charge in [0.05, 0.1) is 44.7 Å². The van der Waals surface area contributed by atoms with Crippen molar-refractivity contribution in [3.05, 3.63) is 71.6 Å². The van der Waals surface area contributed by atoms with Crippen LogP contribution in [0.2, 0.25) is 0 Å². The molecule has 0 fully saturated rings. The lowest BCUT2D eigenvalue weighted by atomic mass is 10.1. The number of esters is 2. The summed E-state index contributed by atoms with van der Waals surface area (Å²) in [4.78, 5) is 26.2. The van der Waals surface area contributed by atoms with Crippen LogP contribution in [-0.4, -0.2) is 49.3 Å². The van der Waals surface area contributed by atoms with E-state index in [2.05, 4.69) is 17.2 Å². The Hall–Kier alpha value is -3.65. The van der Waals surface area contributed by atoms with Gasteiger partial charge in [0.15, 0.2) is 0 Å². The molecule has 0 bridgehead atoms. The highest BCUT2D eigenvalue weighted by Gasteiger charge is 2.32. The van der Waals surface area contributed by atoms with Crippen LogP contribution in [0.15, 0.2) is 66.0 Å². The van der Waals surface area contributed by atoms with E-state index in [0.717, 1.165) is 16.5 Å². The number of ether oxygens (including phenoxy) is 3. The molecule has 0 saturated carbocycles. The maximum atomic E-state index is 12.5. The smallest absolute Gasteiger partial charge is 0.355 e. The van der Waals surface area contributed by atoms with Gasteiger partial charge in [0.25, 0.3) is 0 Å². The fourth-order valence-electron chi connectivity index (χ4n) is 3.47. The molecule has 0 radical (unpaired) electrons. The minimum absolute atomic E-state index is 0.0230. The van der Waals surface area contributed by atoms with Crippen LogP contribution < -0.4 is 4.90 Å². The molecule has 4 rings (SSSR count). The highest BCUT2D eigenvalue weighted by Crippen LogP contribution is 2.29. The van der Waals surface area contributed by atoms with Gasteiger partial charge in [0, 0.05) is 11.1 Å². The van der Waals surface area contributed by atoms with Crippen molar-refractivity contribution in [1.29, 1.82) is 0 Å². The lowest BCUT2D eigenvalue weighted by molar-refractivity contribution is -0.140. The van der Waals surface area contributed by atoms with Crippen LogP contribution in [0.5, 0.6) is 0 Å². The molecule has 0 unspecified atom stereocenters. The Morgan fingerprint density at radius 3 is 2.57 bits per heavy atom. The van der Waals surface area contributed by atoms with Crippen LogP contribution in [0.1, 0.15) is 5.56 Å². The molecular weight excluding hydrogens is 386 g/mol. The second-order valence-corrected chi connectivity index (χ2v) is 6.75. The number of nitrogens with zero attached hydrogens (tertiary/aromatic N) is 3. The van der Waals surface area contributed by atoms with E-state index in [1.54, 1.807) is 11.1 Å². The van der Waals surface area contributed by atoms with E-state index in [1.165, 1.54) is 14.2 Å². The van der Waals surface area contributed by atoms with Crippen molar-refractivity contribution < 1.29 is 23.8 Å². The van der Waals surface area contributed by atoms with Gasteiger partial charge in [-0.05, 0) is 23.8 Å². The molecule has 0 spiro atoms. The van der Waals surface area contributed by atoms with Crippen LogP contribution in [0, 0.1) is 0 Å². The molecule has 1 aliphatic rings. The molecule has 1 aromatic heterocycles. The lowest BCUT2D eigenvalue weighted by Crippen LogP contribution is -2.38. The van der Waals surface area contributed by atoms with Gasteiger partial charge in [0.2, 0.25) is 0 Å². The fraction of sp³-hybridized carbons (Fsp3) is 0.227. The second-order valence-electron chi connectivity index (χ2n) is 6.75. The maximum absolute atomic E-state index is 12.5. The van der Waals surface area contributed by atoms with Gasteiger partial charge in [-0.25, -0.2) is 9.59 Å². The van der Waals surface area contributed by atoms with E-state index < -0.39 is 11.9 Å². The van der Waals surface area contributed by atoms with Crippen molar-refractivity contribution in [3.63, 3.8) is 0 Å². The van der Waals surface area contributed by atoms with Gasteiger partial charge in [-0.2, -0.15) is 5.10 Å². The number of hydrogen-bond acceptors (Lipinski definition) is 7. The number of carbonyl (C=O) groups is 2. The summed E-state index contributed by atoms with van der Waals surface area (Å²) in [5, 5.41) is 5.39. The number of rotatable bonds is 5. The first-order valence-corrected chi connectivity index (χ1v) is 9.37. The Balaban J connectivity index is 1.71. The van der Waals surface area contributed by atoms with Crippen molar-refractivity contribution in [2.75, 3.05) is 32.5 Å². The Morgan fingerprint density at radius 2 is 1.83 bits per heavy atom. The third-order valence-corrected chi connectivity index (χ3v) is 4.95. The highest BCUT2D eigenvalue weighted by atomic mass is 16.5. The first-order chi connectivity index (χ1) is 14.6. The number of anilines is 1. The molecule has 1 aliphatic heterocycles. The van der Waals surface area contributed by atoms with E-state index in [4.69, 9.17) is 14.2 Å². The SMILES string of the molecule is COC(=O)C1=C(C(=O)OC)N(c2ccc3c(cnn3Cc3ccccc3)c2)COC1. The fourth-order valence-corrected chi connectivity index (χ4v) is 3.47. The lowest BCUT2D eigenvalue weighted by Gasteiger charge is -2.31. The highest BCUT2D eigenvalue weighted by molar-refractivity contribution is 6.03. The van der Waals surface area contributed by atoms with E-state index in [1.807, 2.05) is 41.1 Å². The zero-order valence-corrected chi connectivity index (χ0v) is 16.7. The largest absolute Gasteiger partial charge is 0.466 e. The quantitative estimate of drug-likeness (QED) is 0.601. The average Bonchev–Trinajstić information content (AvgIpc) is 3.20. The summed E-state index contributed by atoms with van der Waals surface area (Å²) in [7, 11) is 2.53. The second kappa shape index (κ2) is 8.38. The Kier molecular flexibility index (Phi) is 5.49. The molecule has 2 heterocycles. The predicted molar refractivity (Wildman–Crippen MR) is 110 cm³/mol. The Morgan fingerprint density at radius 1 is 1.07 bits per heavy atom. The summed E-state index contributed by atoms with van der Waals surface area (Å²) in [6.45, 7) is 0.732. The van der Waals surface area contributed by atoms with Crippen LogP contribution in [0.4, 0.5) is 5.69 Å². The van der Waals surface area contributed by atoms with Gasteiger partial charge in [-0.3, -0.25) is 4.68 Å². The van der Waals surface area contributed by atoms with Crippen molar-refractivity contribution in [1.82, 2.24) is 9.78 Å². The minimum Gasteiger partial charge on any atom is -0.466 e. The third-order valence-electron chi connectivity index (χ3n) is 4.95. The molecule has 0 aliphatic carbocycles. The molecular formula is C22H21N3O5. The average molecular weight is 407 g/mol. The summed E-state index contributed by atoms with van der Waals surface area (Å²) in [5.41, 5.74) is 3.03. The van der Waals surface area contributed by atoms with E-state index >= 15 is 0 Å². The molecule has 0 saturated heterocycles. The number of methoxy groups -OCH3 is 2. The molecule has 154 valence electrons. The maximum Gasteiger partial charge on any atom is 0.355 e. The monoisotopic (exact) mass is 407 g/mol. The standard InChI is InChI=1S/C22H21N3O5/c1-28-21(26)18-13-30-14-24(20(18)22(27)29-2)17-8-9-19-16(10-17)11-23-25(19)12-15-6-4-3-5-7-15/h3-11H,12-14H2,1-2H3. The molecule has 3 aromatic rings. The van der Waals surface area contributed by atoms with Crippen molar-refractivity contribution in [2.24, 2.45) is 0 Å². The Labute approximate surface area is 173 Å². The normalized spacial score (nSPS) is 14.1. The molecule has 0 amide bonds. The summed E-state index contributed by atoms with van der Waals surface area (Å²) in [6, 6.07) is 15.8. The van der Waals surface area contributed by atoms with Crippen molar-refractivity contribution >= 4 is 28.5 Å². The van der Waals surface area contributed by atoms with Gasteiger partial charge >= 0.3 is 11.9 Å². The van der Waals surface area contributed by atoms with Crippen LogP contribution >= 0.6 is 0 Å². The van der Waals surface area contributed by atoms with Crippen LogP contribution in [0.25, 0.3) is 10.9 Å². The van der Waals surface area contributed by atoms with Gasteiger partial charge in [-0.15, -0.1) is 0 Å². The molecule has 0 N–H and O–H groups in total.